The van der Waals surface area contributed by atoms with Gasteiger partial charge in [-0.1, -0.05) is 41.4 Å². The number of para-hydroxylation sites is 1. The second kappa shape index (κ2) is 13.2. The number of aliphatic carboxylic acids is 1. The van der Waals surface area contributed by atoms with Crippen LogP contribution in [0.4, 0.5) is 0 Å². The Balaban J connectivity index is 0.000000368. The summed E-state index contributed by atoms with van der Waals surface area (Å²) in [5.74, 6) is -0.102. The molecule has 0 bridgehead atoms. The maximum Gasteiger partial charge on any atom is 0.317 e. The van der Waals surface area contributed by atoms with E-state index in [0.29, 0.717) is 28.4 Å². The number of aldehydes is 1. The van der Waals surface area contributed by atoms with E-state index in [2.05, 4.69) is 5.73 Å². The lowest BCUT2D eigenvalue weighted by Gasteiger charge is -2.03. The maximum atomic E-state index is 10.2. The fourth-order valence-electron chi connectivity index (χ4n) is 1.47. The molecule has 0 saturated carbocycles. The largest absolute Gasteiger partial charge is 0.496 e. The van der Waals surface area contributed by atoms with Crippen molar-refractivity contribution in [3.8, 4) is 5.75 Å². The summed E-state index contributed by atoms with van der Waals surface area (Å²) in [6, 6.07) is 12.5. The first-order chi connectivity index (χ1) is 11.9. The molecule has 0 aromatic heterocycles. The maximum absolute atomic E-state index is 10.2. The summed E-state index contributed by atoms with van der Waals surface area (Å²) in [5.41, 5.74) is 11.5. The van der Waals surface area contributed by atoms with E-state index >= 15 is 0 Å². The smallest absolute Gasteiger partial charge is 0.317 e. The summed E-state index contributed by atoms with van der Waals surface area (Å²) in [7, 11) is 1.65. The van der Waals surface area contributed by atoms with E-state index in [1.54, 1.807) is 19.2 Å². The average Bonchev–Trinajstić information content (AvgIpc) is 2.62. The minimum absolute atomic E-state index is 0.278. The van der Waals surface area contributed by atoms with Crippen LogP contribution in [0.3, 0.4) is 0 Å². The number of methoxy groups -OCH3 is 1. The molecule has 8 heteroatoms. The van der Waals surface area contributed by atoms with Gasteiger partial charge in [-0.2, -0.15) is 0 Å². The highest BCUT2D eigenvalue weighted by Crippen LogP contribution is 2.19. The predicted molar refractivity (Wildman–Crippen MR) is 99.4 cm³/mol. The molecule has 0 aliphatic carbocycles. The predicted octanol–water partition coefficient (Wildman–Crippen LogP) is 2.99. The van der Waals surface area contributed by atoms with Gasteiger partial charge < -0.3 is 21.3 Å². The number of benzene rings is 2. The SMILES string of the molecule is COc1ccccc1CN.NCC(=O)O.O=Cc1ccc(Cl)cc1Cl. The normalized spacial score (nSPS) is 9.00. The van der Waals surface area contributed by atoms with Crippen LogP contribution in [0.15, 0.2) is 42.5 Å². The lowest BCUT2D eigenvalue weighted by atomic mass is 10.2. The summed E-state index contributed by atoms with van der Waals surface area (Å²) in [4.78, 5) is 19.5. The highest BCUT2D eigenvalue weighted by molar-refractivity contribution is 6.36. The summed E-state index contributed by atoms with van der Waals surface area (Å²) in [6.07, 6.45) is 0.693. The molecular formula is C17H20Cl2N2O4. The zero-order chi connectivity index (χ0) is 19.2. The first-order valence-corrected chi connectivity index (χ1v) is 7.79. The molecule has 0 aliphatic heterocycles. The van der Waals surface area contributed by atoms with E-state index in [4.69, 9.17) is 38.8 Å². The molecule has 0 radical (unpaired) electrons. The number of hydrogen-bond acceptors (Lipinski definition) is 5. The molecular weight excluding hydrogens is 367 g/mol. The second-order valence-electron chi connectivity index (χ2n) is 4.40. The Morgan fingerprint density at radius 2 is 1.80 bits per heavy atom. The van der Waals surface area contributed by atoms with Crippen molar-refractivity contribution in [1.82, 2.24) is 0 Å². The summed E-state index contributed by atoms with van der Waals surface area (Å²) in [5, 5.41) is 8.53. The number of carboxylic acids is 1. The number of carboxylic acid groups (broad SMARTS) is 1. The van der Waals surface area contributed by atoms with Crippen molar-refractivity contribution in [2.24, 2.45) is 11.5 Å². The van der Waals surface area contributed by atoms with Crippen molar-refractivity contribution in [1.29, 1.82) is 0 Å². The molecule has 0 unspecified atom stereocenters. The quantitative estimate of drug-likeness (QED) is 0.695. The number of halogens is 2. The van der Waals surface area contributed by atoms with Gasteiger partial charge in [0.1, 0.15) is 5.75 Å². The van der Waals surface area contributed by atoms with Gasteiger partial charge >= 0.3 is 5.97 Å². The van der Waals surface area contributed by atoms with Crippen molar-refractivity contribution in [3.63, 3.8) is 0 Å². The van der Waals surface area contributed by atoms with Gasteiger partial charge in [-0.25, -0.2) is 0 Å². The molecule has 0 heterocycles. The zero-order valence-corrected chi connectivity index (χ0v) is 15.1. The van der Waals surface area contributed by atoms with Crippen LogP contribution in [0.1, 0.15) is 15.9 Å². The molecule has 6 nitrogen and oxygen atoms in total. The Labute approximate surface area is 156 Å². The van der Waals surface area contributed by atoms with Gasteiger partial charge in [0, 0.05) is 22.7 Å². The molecule has 0 atom stereocenters. The highest BCUT2D eigenvalue weighted by Gasteiger charge is 1.97. The van der Waals surface area contributed by atoms with Crippen LogP contribution < -0.4 is 16.2 Å². The fraction of sp³-hybridized carbons (Fsp3) is 0.176. The van der Waals surface area contributed by atoms with E-state index < -0.39 is 5.97 Å². The second-order valence-corrected chi connectivity index (χ2v) is 5.24. The van der Waals surface area contributed by atoms with Crippen molar-refractivity contribution >= 4 is 35.5 Å². The Hall–Kier alpha value is -2.12. The molecule has 136 valence electrons. The number of carbonyl (C=O) groups is 2. The van der Waals surface area contributed by atoms with Gasteiger partial charge in [-0.05, 0) is 24.3 Å². The molecule has 0 fully saturated rings. The van der Waals surface area contributed by atoms with Gasteiger partial charge in [0.2, 0.25) is 0 Å². The lowest BCUT2D eigenvalue weighted by Crippen LogP contribution is -2.10. The Morgan fingerprint density at radius 3 is 2.20 bits per heavy atom. The number of nitrogens with two attached hydrogens (primary N) is 2. The van der Waals surface area contributed by atoms with Crippen LogP contribution in [-0.2, 0) is 11.3 Å². The van der Waals surface area contributed by atoms with Crippen molar-refractivity contribution < 1.29 is 19.4 Å². The third-order valence-corrected chi connectivity index (χ3v) is 3.24. The van der Waals surface area contributed by atoms with Crippen molar-refractivity contribution in [3.05, 3.63) is 63.6 Å². The van der Waals surface area contributed by atoms with Crippen LogP contribution in [0.2, 0.25) is 10.0 Å². The number of rotatable bonds is 4. The summed E-state index contributed by atoms with van der Waals surface area (Å²) >= 11 is 11.2. The number of carbonyl (C=O) groups excluding carboxylic acids is 1. The van der Waals surface area contributed by atoms with E-state index in [-0.39, 0.29) is 6.54 Å². The summed E-state index contributed by atoms with van der Waals surface area (Å²) < 4.78 is 5.06. The molecule has 0 saturated heterocycles. The van der Waals surface area contributed by atoms with Crippen molar-refractivity contribution in [2.45, 2.75) is 6.54 Å². The van der Waals surface area contributed by atoms with Crippen LogP contribution in [0, 0.1) is 0 Å². The third kappa shape index (κ3) is 9.69. The minimum atomic E-state index is -0.968. The van der Waals surface area contributed by atoms with Gasteiger partial charge in [0.25, 0.3) is 0 Å². The molecule has 2 aromatic carbocycles. The van der Waals surface area contributed by atoms with Crippen LogP contribution >= 0.6 is 23.2 Å². The molecule has 2 aromatic rings. The first kappa shape index (κ1) is 22.9. The van der Waals surface area contributed by atoms with E-state index in [1.807, 2.05) is 24.3 Å². The van der Waals surface area contributed by atoms with Crippen LogP contribution in [-0.4, -0.2) is 31.0 Å². The Kier molecular flexibility index (Phi) is 12.1. The van der Waals surface area contributed by atoms with Gasteiger partial charge in [0.05, 0.1) is 18.7 Å². The van der Waals surface area contributed by atoms with Gasteiger partial charge in [-0.3, -0.25) is 9.59 Å². The van der Waals surface area contributed by atoms with Crippen molar-refractivity contribution in [2.75, 3.05) is 13.7 Å². The molecule has 0 spiro atoms. The molecule has 5 N–H and O–H groups in total. The third-order valence-electron chi connectivity index (χ3n) is 2.68. The topological polar surface area (TPSA) is 116 Å². The fourth-order valence-corrected chi connectivity index (χ4v) is 1.92. The van der Waals surface area contributed by atoms with Gasteiger partial charge in [0.15, 0.2) is 6.29 Å². The highest BCUT2D eigenvalue weighted by atomic mass is 35.5. The molecule has 0 aliphatic rings. The minimum Gasteiger partial charge on any atom is -0.496 e. The molecule has 25 heavy (non-hydrogen) atoms. The monoisotopic (exact) mass is 386 g/mol. The number of hydrogen-bond donors (Lipinski definition) is 3. The molecule has 0 amide bonds. The Morgan fingerprint density at radius 1 is 1.20 bits per heavy atom. The number of ether oxygens (including phenoxy) is 1. The molecule has 2 rings (SSSR count). The van der Waals surface area contributed by atoms with Crippen LogP contribution in [0.25, 0.3) is 0 Å². The van der Waals surface area contributed by atoms with Gasteiger partial charge in [-0.15, -0.1) is 0 Å². The first-order valence-electron chi connectivity index (χ1n) is 7.03. The van der Waals surface area contributed by atoms with E-state index in [9.17, 15) is 9.59 Å². The standard InChI is InChI=1S/C8H11NO.C7H4Cl2O.C2H5NO2/c1-10-8-5-3-2-4-7(8)6-9;8-6-2-1-5(4-10)7(9)3-6;3-1-2(4)5/h2-5H,6,9H2,1H3;1-4H;1,3H2,(H,4,5). The zero-order valence-electron chi connectivity index (χ0n) is 13.6. The average molecular weight is 387 g/mol. The van der Waals surface area contributed by atoms with E-state index in [0.717, 1.165) is 11.3 Å². The van der Waals surface area contributed by atoms with Crippen LogP contribution in [0.5, 0.6) is 5.75 Å². The van der Waals surface area contributed by atoms with E-state index in [1.165, 1.54) is 6.07 Å². The summed E-state index contributed by atoms with van der Waals surface area (Å²) in [6.45, 7) is 0.254. The Bertz CT molecular complexity index is 658. The lowest BCUT2D eigenvalue weighted by molar-refractivity contribution is -0.135.